The molecule has 1 aliphatic heterocycles. The van der Waals surface area contributed by atoms with Crippen molar-refractivity contribution in [3.05, 3.63) is 47.2 Å². The van der Waals surface area contributed by atoms with Crippen LogP contribution in [0.3, 0.4) is 0 Å². The molecule has 1 aromatic heterocycles. The molecule has 1 amide bonds. The highest BCUT2D eigenvalue weighted by Crippen LogP contribution is 2.26. The first-order valence-electron chi connectivity index (χ1n) is 6.86. The zero-order valence-corrected chi connectivity index (χ0v) is 12.2. The van der Waals surface area contributed by atoms with E-state index in [2.05, 4.69) is 16.5 Å². The first kappa shape index (κ1) is 13.9. The second-order valence-electron chi connectivity index (χ2n) is 5.15. The Bertz CT molecular complexity index is 641. The van der Waals surface area contributed by atoms with Crippen molar-refractivity contribution in [2.45, 2.75) is 13.0 Å². The van der Waals surface area contributed by atoms with Gasteiger partial charge in [0.1, 0.15) is 12.3 Å². The Balaban J connectivity index is 1.49. The van der Waals surface area contributed by atoms with Gasteiger partial charge in [-0.1, -0.05) is 29.8 Å². The molecule has 1 aromatic carbocycles. The van der Waals surface area contributed by atoms with Gasteiger partial charge in [-0.25, -0.2) is 0 Å². The van der Waals surface area contributed by atoms with Crippen LogP contribution in [-0.4, -0.2) is 28.8 Å². The second-order valence-corrected chi connectivity index (χ2v) is 5.59. The number of nitrogens with one attached hydrogen (secondary N) is 1. The van der Waals surface area contributed by atoms with Crippen LogP contribution < -0.4 is 10.1 Å². The van der Waals surface area contributed by atoms with Crippen LogP contribution in [0, 0.1) is 5.92 Å². The number of benzene rings is 1. The maximum Gasteiger partial charge on any atom is 0.241 e. The van der Waals surface area contributed by atoms with Gasteiger partial charge >= 0.3 is 0 Å². The fourth-order valence-corrected chi connectivity index (χ4v) is 2.56. The molecule has 0 saturated carbocycles. The van der Waals surface area contributed by atoms with Crippen LogP contribution in [0.5, 0.6) is 5.75 Å². The SMILES string of the molecule is O=C(Cn1cc(Cl)cn1)NCC1COc2ccccc2C1. The van der Waals surface area contributed by atoms with Gasteiger partial charge in [0.25, 0.3) is 0 Å². The number of hydrogen-bond acceptors (Lipinski definition) is 3. The maximum absolute atomic E-state index is 11.9. The summed E-state index contributed by atoms with van der Waals surface area (Å²) >= 11 is 5.76. The minimum Gasteiger partial charge on any atom is -0.493 e. The molecule has 1 N–H and O–H groups in total. The highest BCUT2D eigenvalue weighted by atomic mass is 35.5. The number of nitrogens with zero attached hydrogens (tertiary/aromatic N) is 2. The Hall–Kier alpha value is -2.01. The zero-order valence-electron chi connectivity index (χ0n) is 11.5. The summed E-state index contributed by atoms with van der Waals surface area (Å²) in [6, 6.07) is 8.02. The zero-order chi connectivity index (χ0) is 14.7. The van der Waals surface area contributed by atoms with E-state index in [-0.39, 0.29) is 12.5 Å². The largest absolute Gasteiger partial charge is 0.493 e. The molecule has 0 radical (unpaired) electrons. The average Bonchev–Trinajstić information content (AvgIpc) is 2.90. The average molecular weight is 306 g/mol. The van der Waals surface area contributed by atoms with Crippen LogP contribution in [0.15, 0.2) is 36.7 Å². The fraction of sp³-hybridized carbons (Fsp3) is 0.333. The van der Waals surface area contributed by atoms with E-state index in [0.29, 0.717) is 24.1 Å². The predicted molar refractivity (Wildman–Crippen MR) is 79.4 cm³/mol. The normalized spacial score (nSPS) is 16.9. The highest BCUT2D eigenvalue weighted by molar-refractivity contribution is 6.30. The van der Waals surface area contributed by atoms with E-state index in [1.807, 2.05) is 18.2 Å². The Labute approximate surface area is 127 Å². The Morgan fingerprint density at radius 2 is 2.33 bits per heavy atom. The minimum absolute atomic E-state index is 0.0753. The summed E-state index contributed by atoms with van der Waals surface area (Å²) in [6.45, 7) is 1.41. The third-order valence-electron chi connectivity index (χ3n) is 3.45. The van der Waals surface area contributed by atoms with Gasteiger partial charge in [0, 0.05) is 18.7 Å². The molecular weight excluding hydrogens is 290 g/mol. The smallest absolute Gasteiger partial charge is 0.241 e. The molecule has 1 atom stereocenters. The summed E-state index contributed by atoms with van der Waals surface area (Å²) in [7, 11) is 0. The lowest BCUT2D eigenvalue weighted by molar-refractivity contribution is -0.122. The number of ether oxygens (including phenoxy) is 1. The number of hydrogen-bond donors (Lipinski definition) is 1. The summed E-state index contributed by atoms with van der Waals surface area (Å²) in [5.41, 5.74) is 1.20. The molecule has 6 heteroatoms. The molecule has 0 fully saturated rings. The number of rotatable bonds is 4. The molecular formula is C15H16ClN3O2. The van der Waals surface area contributed by atoms with Crippen LogP contribution in [-0.2, 0) is 17.8 Å². The fourth-order valence-electron chi connectivity index (χ4n) is 2.41. The lowest BCUT2D eigenvalue weighted by Crippen LogP contribution is -2.36. The summed E-state index contributed by atoms with van der Waals surface area (Å²) in [5, 5.41) is 7.43. The number of carbonyl (C=O) groups excluding carboxylic acids is 1. The van der Waals surface area contributed by atoms with Crippen LogP contribution in [0.1, 0.15) is 5.56 Å². The van der Waals surface area contributed by atoms with E-state index in [0.717, 1.165) is 12.2 Å². The van der Waals surface area contributed by atoms with Gasteiger partial charge in [-0.05, 0) is 18.1 Å². The van der Waals surface area contributed by atoms with Gasteiger partial charge in [0.05, 0.1) is 17.8 Å². The topological polar surface area (TPSA) is 56.2 Å². The molecule has 21 heavy (non-hydrogen) atoms. The minimum atomic E-state index is -0.0753. The van der Waals surface area contributed by atoms with Gasteiger partial charge in [0.15, 0.2) is 0 Å². The lowest BCUT2D eigenvalue weighted by Gasteiger charge is -2.25. The highest BCUT2D eigenvalue weighted by Gasteiger charge is 2.19. The summed E-state index contributed by atoms with van der Waals surface area (Å²) in [6.07, 6.45) is 4.06. The molecule has 3 rings (SSSR count). The van der Waals surface area contributed by atoms with Crippen molar-refractivity contribution < 1.29 is 9.53 Å². The van der Waals surface area contributed by atoms with Gasteiger partial charge in [-0.3, -0.25) is 9.48 Å². The Kier molecular flexibility index (Phi) is 4.10. The van der Waals surface area contributed by atoms with Crippen molar-refractivity contribution in [3.8, 4) is 5.75 Å². The molecule has 0 saturated heterocycles. The number of aromatic nitrogens is 2. The Morgan fingerprint density at radius 3 is 3.14 bits per heavy atom. The van der Waals surface area contributed by atoms with Gasteiger partial charge in [-0.2, -0.15) is 5.10 Å². The van der Waals surface area contributed by atoms with Crippen molar-refractivity contribution in [2.24, 2.45) is 5.92 Å². The number of carbonyl (C=O) groups is 1. The van der Waals surface area contributed by atoms with E-state index in [4.69, 9.17) is 16.3 Å². The van der Waals surface area contributed by atoms with E-state index >= 15 is 0 Å². The van der Waals surface area contributed by atoms with Crippen molar-refractivity contribution in [1.29, 1.82) is 0 Å². The van der Waals surface area contributed by atoms with Crippen molar-refractivity contribution in [1.82, 2.24) is 15.1 Å². The first-order chi connectivity index (χ1) is 10.2. The van der Waals surface area contributed by atoms with Crippen LogP contribution >= 0.6 is 11.6 Å². The number of amides is 1. The molecule has 2 aromatic rings. The van der Waals surface area contributed by atoms with Crippen LogP contribution in [0.2, 0.25) is 5.02 Å². The maximum atomic E-state index is 11.9. The number of para-hydroxylation sites is 1. The number of halogens is 1. The monoisotopic (exact) mass is 305 g/mol. The van der Waals surface area contributed by atoms with Crippen LogP contribution in [0.25, 0.3) is 0 Å². The van der Waals surface area contributed by atoms with Gasteiger partial charge in [0.2, 0.25) is 5.91 Å². The van der Waals surface area contributed by atoms with Gasteiger partial charge < -0.3 is 10.1 Å². The van der Waals surface area contributed by atoms with E-state index in [1.54, 1.807) is 6.20 Å². The molecule has 1 aliphatic rings. The van der Waals surface area contributed by atoms with E-state index in [9.17, 15) is 4.79 Å². The summed E-state index contributed by atoms with van der Waals surface area (Å²) in [5.74, 6) is 1.17. The molecule has 0 spiro atoms. The van der Waals surface area contributed by atoms with E-state index < -0.39 is 0 Å². The second kappa shape index (κ2) is 6.18. The molecule has 0 bridgehead atoms. The Morgan fingerprint density at radius 1 is 1.48 bits per heavy atom. The standard InChI is InChI=1S/C15H16ClN3O2/c16-13-7-18-19(8-13)9-15(20)17-6-11-5-12-3-1-2-4-14(12)21-10-11/h1-4,7-8,11H,5-6,9-10H2,(H,17,20). The van der Waals surface area contributed by atoms with Crippen molar-refractivity contribution >= 4 is 17.5 Å². The molecule has 5 nitrogen and oxygen atoms in total. The lowest BCUT2D eigenvalue weighted by atomic mass is 9.97. The summed E-state index contributed by atoms with van der Waals surface area (Å²) < 4.78 is 7.22. The van der Waals surface area contributed by atoms with E-state index in [1.165, 1.54) is 16.4 Å². The molecule has 0 aliphatic carbocycles. The van der Waals surface area contributed by atoms with Gasteiger partial charge in [-0.15, -0.1) is 0 Å². The third-order valence-corrected chi connectivity index (χ3v) is 3.65. The first-order valence-corrected chi connectivity index (χ1v) is 7.24. The number of fused-ring (bicyclic) bond motifs is 1. The third kappa shape index (κ3) is 3.55. The molecule has 1 unspecified atom stereocenters. The quantitative estimate of drug-likeness (QED) is 0.938. The van der Waals surface area contributed by atoms with Crippen LogP contribution in [0.4, 0.5) is 0 Å². The van der Waals surface area contributed by atoms with Crippen molar-refractivity contribution in [3.63, 3.8) is 0 Å². The molecule has 2 heterocycles. The predicted octanol–water partition coefficient (Wildman–Crippen LogP) is 1.90. The van der Waals surface area contributed by atoms with Crippen molar-refractivity contribution in [2.75, 3.05) is 13.2 Å². The summed E-state index contributed by atoms with van der Waals surface area (Å²) in [4.78, 5) is 11.9. The molecule has 110 valence electrons.